The van der Waals surface area contributed by atoms with Crippen LogP contribution in [-0.4, -0.2) is 67.6 Å². The van der Waals surface area contributed by atoms with Crippen LogP contribution in [0.2, 0.25) is 0 Å². The molecule has 1 fully saturated rings. The van der Waals surface area contributed by atoms with Crippen molar-refractivity contribution < 1.29 is 4.74 Å². The van der Waals surface area contributed by atoms with Gasteiger partial charge in [0.15, 0.2) is 5.82 Å². The molecule has 0 unspecified atom stereocenters. The molecular formula is C28H28N10O. The van der Waals surface area contributed by atoms with Gasteiger partial charge in [0.2, 0.25) is 0 Å². The predicted molar refractivity (Wildman–Crippen MR) is 148 cm³/mol. The molecule has 5 aromatic rings. The topological polar surface area (TPSA) is 126 Å². The summed E-state index contributed by atoms with van der Waals surface area (Å²) in [5, 5.41) is 18.5. The van der Waals surface area contributed by atoms with Gasteiger partial charge in [0.05, 0.1) is 30.7 Å². The average molecular weight is 521 g/mol. The van der Waals surface area contributed by atoms with Crippen molar-refractivity contribution in [3.8, 4) is 34.1 Å². The van der Waals surface area contributed by atoms with Crippen LogP contribution in [-0.2, 0) is 13.6 Å². The quantitative estimate of drug-likeness (QED) is 0.359. The Morgan fingerprint density at radius 3 is 2.46 bits per heavy atom. The van der Waals surface area contributed by atoms with Crippen LogP contribution < -0.4 is 15.4 Å². The molecule has 11 nitrogen and oxygen atoms in total. The molecule has 0 aromatic carbocycles. The van der Waals surface area contributed by atoms with E-state index in [-0.39, 0.29) is 5.82 Å². The highest BCUT2D eigenvalue weighted by molar-refractivity contribution is 5.90. The molecular weight excluding hydrogens is 492 g/mol. The van der Waals surface area contributed by atoms with E-state index in [2.05, 4.69) is 31.1 Å². The summed E-state index contributed by atoms with van der Waals surface area (Å²) < 4.78 is 8.63. The van der Waals surface area contributed by atoms with Gasteiger partial charge in [0.25, 0.3) is 0 Å². The minimum atomic E-state index is 0.203. The van der Waals surface area contributed by atoms with Crippen molar-refractivity contribution in [2.45, 2.75) is 6.54 Å². The Balaban J connectivity index is 1.23. The molecule has 1 saturated heterocycles. The van der Waals surface area contributed by atoms with Gasteiger partial charge in [-0.05, 0) is 30.3 Å². The maximum absolute atomic E-state index is 9.79. The number of nitrogen functional groups attached to an aromatic ring is 1. The monoisotopic (exact) mass is 520 g/mol. The number of rotatable bonds is 6. The minimum Gasteiger partial charge on any atom is -0.495 e. The fourth-order valence-electron chi connectivity index (χ4n) is 4.98. The molecule has 2 N–H and O–H groups in total. The van der Waals surface area contributed by atoms with Crippen LogP contribution in [0.4, 0.5) is 11.6 Å². The number of nitrogens with zero attached hydrogens (tertiary/aromatic N) is 9. The molecule has 5 aromatic heterocycles. The third kappa shape index (κ3) is 4.73. The van der Waals surface area contributed by atoms with Crippen molar-refractivity contribution in [3.63, 3.8) is 0 Å². The SMILES string of the molecule is COc1ccc(CN2CCN(c3ccc(-c4cc(-c5cnn(C)c5)cn5nc(N)c(C#N)c45)cn3)CC2)nc1. The molecule has 0 spiro atoms. The summed E-state index contributed by atoms with van der Waals surface area (Å²) in [6, 6.07) is 12.3. The number of hydrogen-bond acceptors (Lipinski definition) is 9. The first-order valence-electron chi connectivity index (χ1n) is 12.7. The van der Waals surface area contributed by atoms with E-state index < -0.39 is 0 Å². The summed E-state index contributed by atoms with van der Waals surface area (Å²) in [5.74, 6) is 1.89. The van der Waals surface area contributed by atoms with Gasteiger partial charge in [-0.1, -0.05) is 0 Å². The Hall–Kier alpha value is -4.95. The number of piperazine rings is 1. The van der Waals surface area contributed by atoms with Gasteiger partial charge in [-0.2, -0.15) is 10.4 Å². The number of pyridine rings is 3. The summed E-state index contributed by atoms with van der Waals surface area (Å²) >= 11 is 0. The molecule has 1 aliphatic heterocycles. The number of fused-ring (bicyclic) bond motifs is 1. The lowest BCUT2D eigenvalue weighted by molar-refractivity contribution is 0.246. The second kappa shape index (κ2) is 10.1. The fourth-order valence-corrected chi connectivity index (χ4v) is 4.98. The Labute approximate surface area is 225 Å². The van der Waals surface area contributed by atoms with E-state index >= 15 is 0 Å². The van der Waals surface area contributed by atoms with Gasteiger partial charge < -0.3 is 15.4 Å². The number of anilines is 2. The number of nitrogens with two attached hydrogens (primary N) is 1. The third-order valence-electron chi connectivity index (χ3n) is 7.08. The molecule has 0 saturated carbocycles. The first kappa shape index (κ1) is 24.4. The summed E-state index contributed by atoms with van der Waals surface area (Å²) in [7, 11) is 3.52. The molecule has 39 heavy (non-hydrogen) atoms. The van der Waals surface area contributed by atoms with Gasteiger partial charge in [0.1, 0.15) is 23.2 Å². The fraction of sp³-hybridized carbons (Fsp3) is 0.250. The normalized spacial score (nSPS) is 14.0. The number of nitriles is 1. The Morgan fingerprint density at radius 1 is 0.974 bits per heavy atom. The molecule has 1 aliphatic rings. The van der Waals surface area contributed by atoms with Crippen molar-refractivity contribution in [1.82, 2.24) is 34.3 Å². The van der Waals surface area contributed by atoms with E-state index in [0.717, 1.165) is 72.2 Å². The lowest BCUT2D eigenvalue weighted by atomic mass is 10.0. The number of hydrogen-bond donors (Lipinski definition) is 1. The van der Waals surface area contributed by atoms with E-state index in [1.54, 1.807) is 28.7 Å². The Kier molecular flexibility index (Phi) is 6.30. The molecule has 6 rings (SSSR count). The smallest absolute Gasteiger partial charge is 0.164 e. The molecule has 0 amide bonds. The lowest BCUT2D eigenvalue weighted by Gasteiger charge is -2.35. The number of aryl methyl sites for hydroxylation is 1. The maximum atomic E-state index is 9.79. The zero-order chi connectivity index (χ0) is 26.9. The highest BCUT2D eigenvalue weighted by Gasteiger charge is 2.20. The van der Waals surface area contributed by atoms with Gasteiger partial charge in [-0.15, -0.1) is 5.10 Å². The predicted octanol–water partition coefficient (Wildman–Crippen LogP) is 2.98. The number of aromatic nitrogens is 6. The summed E-state index contributed by atoms with van der Waals surface area (Å²) in [4.78, 5) is 14.0. The van der Waals surface area contributed by atoms with Crippen LogP contribution in [0, 0.1) is 11.3 Å². The number of ether oxygens (including phenoxy) is 1. The van der Waals surface area contributed by atoms with Crippen molar-refractivity contribution in [3.05, 3.63) is 72.6 Å². The van der Waals surface area contributed by atoms with E-state index in [1.165, 1.54) is 0 Å². The summed E-state index contributed by atoms with van der Waals surface area (Å²) in [6.45, 7) is 4.40. The van der Waals surface area contributed by atoms with E-state index in [4.69, 9.17) is 15.5 Å². The first-order chi connectivity index (χ1) is 19.0. The van der Waals surface area contributed by atoms with E-state index in [1.807, 2.05) is 56.0 Å². The number of methoxy groups -OCH3 is 1. The van der Waals surface area contributed by atoms with Gasteiger partial charge >= 0.3 is 0 Å². The first-order valence-corrected chi connectivity index (χ1v) is 12.7. The van der Waals surface area contributed by atoms with Crippen LogP contribution >= 0.6 is 0 Å². The van der Waals surface area contributed by atoms with Gasteiger partial charge in [0, 0.05) is 80.6 Å². The Bertz CT molecular complexity index is 1660. The van der Waals surface area contributed by atoms with E-state index in [0.29, 0.717) is 11.1 Å². The lowest BCUT2D eigenvalue weighted by Crippen LogP contribution is -2.46. The van der Waals surface area contributed by atoms with Crippen molar-refractivity contribution >= 4 is 17.2 Å². The standard InChI is InChI=1S/C28H28N10O/c1-35-16-21(14-33-35)20-11-24(27-25(12-29)28(30)34-38(27)17-20)19-3-6-26(32-13-19)37-9-7-36(8-10-37)18-22-4-5-23(39-2)15-31-22/h3-6,11,13-17H,7-10,18H2,1-2H3,(H2,30,34). The molecule has 0 aliphatic carbocycles. The molecule has 6 heterocycles. The minimum absolute atomic E-state index is 0.203. The second-order valence-corrected chi connectivity index (χ2v) is 9.57. The summed E-state index contributed by atoms with van der Waals surface area (Å²) in [6.07, 6.45) is 9.23. The van der Waals surface area contributed by atoms with E-state index in [9.17, 15) is 5.26 Å². The zero-order valence-electron chi connectivity index (χ0n) is 21.8. The van der Waals surface area contributed by atoms with Crippen LogP contribution in [0.3, 0.4) is 0 Å². The highest BCUT2D eigenvalue weighted by Crippen LogP contribution is 2.34. The van der Waals surface area contributed by atoms with Crippen LogP contribution in [0.15, 0.2) is 61.3 Å². The molecule has 11 heteroatoms. The average Bonchev–Trinajstić information content (AvgIpc) is 3.55. The highest BCUT2D eigenvalue weighted by atomic mass is 16.5. The van der Waals surface area contributed by atoms with Gasteiger partial charge in [-0.3, -0.25) is 14.6 Å². The van der Waals surface area contributed by atoms with Crippen LogP contribution in [0.1, 0.15) is 11.3 Å². The molecule has 196 valence electrons. The summed E-state index contributed by atoms with van der Waals surface area (Å²) in [5.41, 5.74) is 11.7. The third-order valence-corrected chi connectivity index (χ3v) is 7.08. The van der Waals surface area contributed by atoms with Crippen molar-refractivity contribution in [2.24, 2.45) is 7.05 Å². The molecule has 0 radical (unpaired) electrons. The van der Waals surface area contributed by atoms with Crippen molar-refractivity contribution in [1.29, 1.82) is 5.26 Å². The van der Waals surface area contributed by atoms with Crippen molar-refractivity contribution in [2.75, 3.05) is 43.9 Å². The molecule has 0 bridgehead atoms. The second-order valence-electron chi connectivity index (χ2n) is 9.57. The largest absolute Gasteiger partial charge is 0.495 e. The van der Waals surface area contributed by atoms with Crippen LogP contribution in [0.25, 0.3) is 27.8 Å². The zero-order valence-corrected chi connectivity index (χ0v) is 21.8. The Morgan fingerprint density at radius 2 is 1.82 bits per heavy atom. The maximum Gasteiger partial charge on any atom is 0.164 e. The van der Waals surface area contributed by atoms with Crippen LogP contribution in [0.5, 0.6) is 5.75 Å². The van der Waals surface area contributed by atoms with Gasteiger partial charge in [-0.25, -0.2) is 9.50 Å². The molecule has 0 atom stereocenters.